The predicted molar refractivity (Wildman–Crippen MR) is 118 cm³/mol. The Balaban J connectivity index is 1.37. The van der Waals surface area contributed by atoms with Crippen LogP contribution in [0.4, 0.5) is 5.69 Å². The number of carbonyl (C=O) groups excluding carboxylic acids is 1. The number of ether oxygens (including phenoxy) is 2. The van der Waals surface area contributed by atoms with Gasteiger partial charge in [-0.05, 0) is 42.0 Å². The first-order valence-electron chi connectivity index (χ1n) is 9.84. The van der Waals surface area contributed by atoms with Gasteiger partial charge in [-0.3, -0.25) is 9.69 Å². The highest BCUT2D eigenvalue weighted by Gasteiger charge is 2.16. The monoisotopic (exact) mass is 470 g/mol. The molecule has 3 aromatic rings. The average Bonchev–Trinajstić information content (AvgIpc) is 3.24. The molecule has 0 spiro atoms. The van der Waals surface area contributed by atoms with E-state index in [1.54, 1.807) is 12.1 Å². The number of hydrogen-bond donors (Lipinski definition) is 1. The van der Waals surface area contributed by atoms with Gasteiger partial charge in [-0.1, -0.05) is 40.2 Å². The van der Waals surface area contributed by atoms with Gasteiger partial charge in [0.1, 0.15) is 18.1 Å². The Morgan fingerprint density at radius 2 is 1.90 bits per heavy atom. The predicted octanol–water partition coefficient (Wildman–Crippen LogP) is 4.71. The number of nitrogens with one attached hydrogen (secondary N) is 1. The van der Waals surface area contributed by atoms with Gasteiger partial charge in [-0.15, -0.1) is 0 Å². The van der Waals surface area contributed by atoms with E-state index in [1.165, 1.54) is 0 Å². The van der Waals surface area contributed by atoms with Gasteiger partial charge >= 0.3 is 0 Å². The first kappa shape index (κ1) is 20.7. The molecule has 6 nitrogen and oxygen atoms in total. The Labute approximate surface area is 183 Å². The summed E-state index contributed by atoms with van der Waals surface area (Å²) in [5, 5.41) is 2.97. The van der Waals surface area contributed by atoms with E-state index < -0.39 is 0 Å². The van der Waals surface area contributed by atoms with E-state index in [4.69, 9.17) is 13.9 Å². The van der Waals surface area contributed by atoms with Crippen molar-refractivity contribution in [1.82, 2.24) is 4.90 Å². The third kappa shape index (κ3) is 5.50. The molecule has 0 unspecified atom stereocenters. The molecule has 1 amide bonds. The molecule has 0 atom stereocenters. The molecule has 1 aliphatic heterocycles. The van der Waals surface area contributed by atoms with Gasteiger partial charge in [0.25, 0.3) is 5.91 Å². The third-order valence-electron chi connectivity index (χ3n) is 4.83. The van der Waals surface area contributed by atoms with Crippen molar-refractivity contribution in [3.8, 4) is 5.75 Å². The number of hydrogen-bond acceptors (Lipinski definition) is 5. The second-order valence-electron chi connectivity index (χ2n) is 7.01. The van der Waals surface area contributed by atoms with Crippen LogP contribution in [0.15, 0.2) is 69.6 Å². The van der Waals surface area contributed by atoms with E-state index in [-0.39, 0.29) is 18.3 Å². The summed E-state index contributed by atoms with van der Waals surface area (Å²) in [6.07, 6.45) is 0. The van der Waals surface area contributed by atoms with Gasteiger partial charge in [0.05, 0.1) is 13.2 Å². The summed E-state index contributed by atoms with van der Waals surface area (Å²) in [6, 6.07) is 18.8. The van der Waals surface area contributed by atoms with Crippen LogP contribution in [0, 0.1) is 0 Å². The summed E-state index contributed by atoms with van der Waals surface area (Å²) in [6.45, 7) is 4.28. The molecule has 156 valence electrons. The molecular weight excluding hydrogens is 448 g/mol. The number of benzene rings is 2. The van der Waals surface area contributed by atoms with Crippen molar-refractivity contribution in [2.24, 2.45) is 0 Å². The summed E-state index contributed by atoms with van der Waals surface area (Å²) in [5.41, 5.74) is 1.86. The lowest BCUT2D eigenvalue weighted by Gasteiger charge is -2.27. The van der Waals surface area contributed by atoms with Crippen LogP contribution in [0.3, 0.4) is 0 Å². The SMILES string of the molecule is O=C(Nc1ccccc1CN1CCOCC1)c1ccc(COc2cccc(Br)c2)o1. The zero-order valence-corrected chi connectivity index (χ0v) is 18.1. The van der Waals surface area contributed by atoms with Crippen LogP contribution in [0.2, 0.25) is 0 Å². The topological polar surface area (TPSA) is 63.9 Å². The Kier molecular flexibility index (Phi) is 6.84. The number of para-hydroxylation sites is 1. The zero-order valence-electron chi connectivity index (χ0n) is 16.5. The fraction of sp³-hybridized carbons (Fsp3) is 0.261. The molecule has 0 saturated carbocycles. The maximum Gasteiger partial charge on any atom is 0.291 e. The van der Waals surface area contributed by atoms with E-state index >= 15 is 0 Å². The van der Waals surface area contributed by atoms with Gasteiger partial charge in [0, 0.05) is 29.8 Å². The van der Waals surface area contributed by atoms with Crippen LogP contribution in [0.1, 0.15) is 21.9 Å². The highest BCUT2D eigenvalue weighted by Crippen LogP contribution is 2.21. The van der Waals surface area contributed by atoms with Gasteiger partial charge in [-0.25, -0.2) is 0 Å². The Bertz CT molecular complexity index is 998. The summed E-state index contributed by atoms with van der Waals surface area (Å²) in [4.78, 5) is 15.0. The highest BCUT2D eigenvalue weighted by molar-refractivity contribution is 9.10. The highest BCUT2D eigenvalue weighted by atomic mass is 79.9. The van der Waals surface area contributed by atoms with Crippen molar-refractivity contribution in [1.29, 1.82) is 0 Å². The zero-order chi connectivity index (χ0) is 20.8. The number of halogens is 1. The third-order valence-corrected chi connectivity index (χ3v) is 5.32. The average molecular weight is 471 g/mol. The first-order chi connectivity index (χ1) is 14.7. The molecule has 1 saturated heterocycles. The second-order valence-corrected chi connectivity index (χ2v) is 7.93. The largest absolute Gasteiger partial charge is 0.486 e. The van der Waals surface area contributed by atoms with E-state index in [0.717, 1.165) is 54.3 Å². The fourth-order valence-electron chi connectivity index (χ4n) is 3.25. The Morgan fingerprint density at radius 1 is 1.07 bits per heavy atom. The molecule has 1 aromatic heterocycles. The molecule has 2 aromatic carbocycles. The maximum atomic E-state index is 12.7. The summed E-state index contributed by atoms with van der Waals surface area (Å²) < 4.78 is 17.8. The van der Waals surface area contributed by atoms with Gasteiger partial charge < -0.3 is 19.2 Å². The summed E-state index contributed by atoms with van der Waals surface area (Å²) in [5.74, 6) is 1.28. The Hall–Kier alpha value is -2.61. The molecule has 1 N–H and O–H groups in total. The standard InChI is InChI=1S/C23H23BrN2O4/c24-18-5-3-6-19(14-18)29-16-20-8-9-22(30-20)23(27)25-21-7-2-1-4-17(21)15-26-10-12-28-13-11-26/h1-9,14H,10-13,15-16H2,(H,25,27). The van der Waals surface area contributed by atoms with Crippen LogP contribution in [0.5, 0.6) is 5.75 Å². The van der Waals surface area contributed by atoms with Gasteiger partial charge in [0.2, 0.25) is 0 Å². The lowest BCUT2D eigenvalue weighted by molar-refractivity contribution is 0.0342. The maximum absolute atomic E-state index is 12.7. The van der Waals surface area contributed by atoms with Crippen molar-refractivity contribution in [3.63, 3.8) is 0 Å². The molecule has 0 bridgehead atoms. The van der Waals surface area contributed by atoms with Crippen molar-refractivity contribution < 1.29 is 18.7 Å². The van der Waals surface area contributed by atoms with Crippen LogP contribution < -0.4 is 10.1 Å². The summed E-state index contributed by atoms with van der Waals surface area (Å²) >= 11 is 3.41. The lowest BCUT2D eigenvalue weighted by Crippen LogP contribution is -2.35. The minimum absolute atomic E-state index is 0.247. The minimum Gasteiger partial charge on any atom is -0.486 e. The molecular formula is C23H23BrN2O4. The van der Waals surface area contributed by atoms with Crippen molar-refractivity contribution >= 4 is 27.5 Å². The van der Waals surface area contributed by atoms with Crippen LogP contribution in [-0.2, 0) is 17.9 Å². The molecule has 4 rings (SSSR count). The first-order valence-corrected chi connectivity index (χ1v) is 10.6. The number of anilines is 1. The number of morpholine rings is 1. The van der Waals surface area contributed by atoms with Crippen LogP contribution in [-0.4, -0.2) is 37.1 Å². The lowest BCUT2D eigenvalue weighted by atomic mass is 10.1. The van der Waals surface area contributed by atoms with Crippen LogP contribution >= 0.6 is 15.9 Å². The normalized spacial score (nSPS) is 14.4. The number of nitrogens with zero attached hydrogens (tertiary/aromatic N) is 1. The number of rotatable bonds is 7. The van der Waals surface area contributed by atoms with Crippen LogP contribution in [0.25, 0.3) is 0 Å². The van der Waals surface area contributed by atoms with Crippen molar-refractivity contribution in [2.75, 3.05) is 31.6 Å². The van der Waals surface area contributed by atoms with Gasteiger partial charge in [0.15, 0.2) is 5.76 Å². The van der Waals surface area contributed by atoms with Crippen molar-refractivity contribution in [2.45, 2.75) is 13.2 Å². The number of amides is 1. The smallest absolute Gasteiger partial charge is 0.291 e. The molecule has 1 aliphatic rings. The van der Waals surface area contributed by atoms with E-state index in [1.807, 2.05) is 48.5 Å². The number of carbonyl (C=O) groups is 1. The quantitative estimate of drug-likeness (QED) is 0.541. The Morgan fingerprint density at radius 3 is 2.73 bits per heavy atom. The number of furan rings is 1. The second kappa shape index (κ2) is 9.93. The van der Waals surface area contributed by atoms with Gasteiger partial charge in [-0.2, -0.15) is 0 Å². The molecule has 7 heteroatoms. The minimum atomic E-state index is -0.280. The molecule has 1 fully saturated rings. The molecule has 0 radical (unpaired) electrons. The van der Waals surface area contributed by atoms with E-state index in [0.29, 0.717) is 5.76 Å². The molecule has 2 heterocycles. The van der Waals surface area contributed by atoms with E-state index in [9.17, 15) is 4.79 Å². The fourth-order valence-corrected chi connectivity index (χ4v) is 3.63. The summed E-state index contributed by atoms with van der Waals surface area (Å²) in [7, 11) is 0. The van der Waals surface area contributed by atoms with E-state index in [2.05, 4.69) is 26.1 Å². The molecule has 0 aliphatic carbocycles. The molecule has 30 heavy (non-hydrogen) atoms. The van der Waals surface area contributed by atoms with Crippen molar-refractivity contribution in [3.05, 3.63) is 82.2 Å².